The maximum atomic E-state index is 11.9. The Morgan fingerprint density at radius 1 is 0.960 bits per heavy atom. The summed E-state index contributed by atoms with van der Waals surface area (Å²) in [5.41, 5.74) is 4.85. The molecule has 1 amide bonds. The lowest BCUT2D eigenvalue weighted by Gasteiger charge is -2.14. The van der Waals surface area contributed by atoms with Crippen molar-refractivity contribution in [2.75, 3.05) is 13.2 Å². The number of alkyl carbamates (subject to hydrolysis) is 1. The first-order valence-electron chi connectivity index (χ1n) is 8.75. The largest absolute Gasteiger partial charge is 0.449 e. The van der Waals surface area contributed by atoms with Gasteiger partial charge in [0.2, 0.25) is 0 Å². The molecule has 3 rings (SSSR count). The highest BCUT2D eigenvalue weighted by Gasteiger charge is 2.28. The normalized spacial score (nSPS) is 12.4. The predicted molar refractivity (Wildman–Crippen MR) is 97.6 cm³/mol. The molecule has 1 N–H and O–H groups in total. The first-order chi connectivity index (χ1) is 12.2. The van der Waals surface area contributed by atoms with Crippen LogP contribution in [0.15, 0.2) is 48.5 Å². The van der Waals surface area contributed by atoms with Gasteiger partial charge in [-0.05, 0) is 42.0 Å². The Balaban J connectivity index is 1.55. The Labute approximate surface area is 148 Å². The van der Waals surface area contributed by atoms with E-state index in [-0.39, 0.29) is 11.7 Å². The molecule has 25 heavy (non-hydrogen) atoms. The van der Waals surface area contributed by atoms with E-state index in [0.717, 1.165) is 12.8 Å². The van der Waals surface area contributed by atoms with Crippen LogP contribution in [0.25, 0.3) is 11.1 Å². The highest BCUT2D eigenvalue weighted by atomic mass is 16.5. The van der Waals surface area contributed by atoms with Crippen LogP contribution in [0.3, 0.4) is 0 Å². The van der Waals surface area contributed by atoms with Crippen LogP contribution in [-0.4, -0.2) is 25.0 Å². The van der Waals surface area contributed by atoms with Gasteiger partial charge in [-0.2, -0.15) is 0 Å². The van der Waals surface area contributed by atoms with Gasteiger partial charge in [0, 0.05) is 18.9 Å². The van der Waals surface area contributed by atoms with Gasteiger partial charge in [0.05, 0.1) is 0 Å². The number of ether oxygens (including phenoxy) is 1. The van der Waals surface area contributed by atoms with E-state index in [2.05, 4.69) is 29.6 Å². The Hall–Kier alpha value is -2.62. The Morgan fingerprint density at radius 3 is 2.16 bits per heavy atom. The average Bonchev–Trinajstić information content (AvgIpc) is 2.93. The fraction of sp³-hybridized carbons (Fsp3) is 0.333. The van der Waals surface area contributed by atoms with Crippen LogP contribution in [0, 0.1) is 0 Å². The van der Waals surface area contributed by atoms with Gasteiger partial charge in [0.1, 0.15) is 12.4 Å². The summed E-state index contributed by atoms with van der Waals surface area (Å²) < 4.78 is 5.45. The second-order valence-corrected chi connectivity index (χ2v) is 6.41. The molecule has 0 aliphatic heterocycles. The lowest BCUT2D eigenvalue weighted by molar-refractivity contribution is -0.117. The van der Waals surface area contributed by atoms with Crippen molar-refractivity contribution in [2.45, 2.75) is 32.1 Å². The summed E-state index contributed by atoms with van der Waals surface area (Å²) in [6, 6.07) is 16.5. The Bertz CT molecular complexity index is 724. The van der Waals surface area contributed by atoms with Crippen LogP contribution >= 0.6 is 0 Å². The van der Waals surface area contributed by atoms with Gasteiger partial charge in [0.15, 0.2) is 0 Å². The molecule has 1 aliphatic carbocycles. The summed E-state index contributed by atoms with van der Waals surface area (Å²) in [5.74, 6) is 0.261. The quantitative estimate of drug-likeness (QED) is 0.767. The molecule has 0 fully saturated rings. The Morgan fingerprint density at radius 2 is 1.56 bits per heavy atom. The van der Waals surface area contributed by atoms with Crippen LogP contribution < -0.4 is 5.32 Å². The van der Waals surface area contributed by atoms with Gasteiger partial charge in [-0.25, -0.2) is 4.79 Å². The van der Waals surface area contributed by atoms with E-state index in [0.29, 0.717) is 19.6 Å². The van der Waals surface area contributed by atoms with Gasteiger partial charge in [-0.15, -0.1) is 0 Å². The number of rotatable bonds is 7. The standard InChI is InChI=1S/C21H23NO3/c1-15(23)8-6-7-13-22-21(24)25-14-20-18-11-4-2-9-16(18)17-10-3-5-12-19(17)20/h2-5,9-12,20H,6-8,13-14H2,1H3,(H,22,24). The third-order valence-corrected chi connectivity index (χ3v) is 4.57. The van der Waals surface area contributed by atoms with Gasteiger partial charge >= 0.3 is 6.09 Å². The third kappa shape index (κ3) is 4.08. The highest BCUT2D eigenvalue weighted by molar-refractivity contribution is 5.79. The minimum Gasteiger partial charge on any atom is -0.449 e. The SMILES string of the molecule is CC(=O)CCCCNC(=O)OCC1c2ccccc2-c2ccccc21. The monoisotopic (exact) mass is 337 g/mol. The summed E-state index contributed by atoms with van der Waals surface area (Å²) in [7, 11) is 0. The third-order valence-electron chi connectivity index (χ3n) is 4.57. The lowest BCUT2D eigenvalue weighted by Crippen LogP contribution is -2.27. The number of fused-ring (bicyclic) bond motifs is 3. The van der Waals surface area contributed by atoms with E-state index in [1.54, 1.807) is 6.92 Å². The number of carbonyl (C=O) groups is 2. The summed E-state index contributed by atoms with van der Waals surface area (Å²) >= 11 is 0. The molecule has 0 radical (unpaired) electrons. The molecule has 0 aromatic heterocycles. The lowest BCUT2D eigenvalue weighted by atomic mass is 9.98. The van der Waals surface area contributed by atoms with Crippen LogP contribution in [0.5, 0.6) is 0 Å². The minimum absolute atomic E-state index is 0.0795. The first kappa shape index (κ1) is 17.2. The topological polar surface area (TPSA) is 55.4 Å². The number of hydrogen-bond donors (Lipinski definition) is 1. The summed E-state index contributed by atoms with van der Waals surface area (Å²) in [4.78, 5) is 22.8. The second kappa shape index (κ2) is 7.97. The fourth-order valence-corrected chi connectivity index (χ4v) is 3.34. The molecule has 4 heteroatoms. The van der Waals surface area contributed by atoms with Crippen LogP contribution in [-0.2, 0) is 9.53 Å². The molecule has 2 aromatic carbocycles. The molecular formula is C21H23NO3. The van der Waals surface area contributed by atoms with Gasteiger partial charge in [0.25, 0.3) is 0 Å². The van der Waals surface area contributed by atoms with Crippen molar-refractivity contribution in [2.24, 2.45) is 0 Å². The minimum atomic E-state index is -0.398. The molecule has 0 saturated heterocycles. The molecule has 130 valence electrons. The van der Waals surface area contributed by atoms with E-state index in [9.17, 15) is 9.59 Å². The predicted octanol–water partition coefficient (Wildman–Crippen LogP) is 4.28. The van der Waals surface area contributed by atoms with Crippen molar-refractivity contribution in [3.8, 4) is 11.1 Å². The number of carbonyl (C=O) groups excluding carboxylic acids is 2. The van der Waals surface area contributed by atoms with Crippen molar-refractivity contribution in [1.82, 2.24) is 5.32 Å². The fourth-order valence-electron chi connectivity index (χ4n) is 3.34. The van der Waals surface area contributed by atoms with Gasteiger partial charge in [-0.3, -0.25) is 0 Å². The molecule has 1 aliphatic rings. The molecule has 2 aromatic rings. The van der Waals surface area contributed by atoms with Crippen molar-refractivity contribution in [3.05, 3.63) is 59.7 Å². The van der Waals surface area contributed by atoms with Crippen molar-refractivity contribution in [1.29, 1.82) is 0 Å². The Kier molecular flexibility index (Phi) is 5.49. The maximum Gasteiger partial charge on any atom is 0.407 e. The zero-order chi connectivity index (χ0) is 17.6. The zero-order valence-electron chi connectivity index (χ0n) is 14.5. The number of ketones is 1. The van der Waals surface area contributed by atoms with Gasteiger partial charge < -0.3 is 14.8 Å². The molecule has 0 unspecified atom stereocenters. The molecule has 4 nitrogen and oxygen atoms in total. The van der Waals surface area contributed by atoms with E-state index in [1.807, 2.05) is 24.3 Å². The maximum absolute atomic E-state index is 11.9. The smallest absolute Gasteiger partial charge is 0.407 e. The van der Waals surface area contributed by atoms with E-state index in [1.165, 1.54) is 22.3 Å². The van der Waals surface area contributed by atoms with Crippen LogP contribution in [0.2, 0.25) is 0 Å². The number of Topliss-reactive ketones (excluding diaryl/α,β-unsaturated/α-hetero) is 1. The molecule has 0 spiro atoms. The summed E-state index contributed by atoms with van der Waals surface area (Å²) in [6.07, 6.45) is 1.74. The molecular weight excluding hydrogens is 314 g/mol. The average molecular weight is 337 g/mol. The number of hydrogen-bond acceptors (Lipinski definition) is 3. The summed E-state index contributed by atoms with van der Waals surface area (Å²) in [5, 5.41) is 2.76. The highest BCUT2D eigenvalue weighted by Crippen LogP contribution is 2.44. The van der Waals surface area contributed by atoms with Gasteiger partial charge in [-0.1, -0.05) is 48.5 Å². The number of amides is 1. The van der Waals surface area contributed by atoms with Crippen LogP contribution in [0.4, 0.5) is 4.79 Å². The molecule has 0 heterocycles. The van der Waals surface area contributed by atoms with Crippen molar-refractivity contribution < 1.29 is 14.3 Å². The van der Waals surface area contributed by atoms with Crippen LogP contribution in [0.1, 0.15) is 43.2 Å². The number of nitrogens with one attached hydrogen (secondary N) is 1. The number of benzene rings is 2. The molecule has 0 saturated carbocycles. The van der Waals surface area contributed by atoms with Crippen molar-refractivity contribution >= 4 is 11.9 Å². The molecule has 0 bridgehead atoms. The van der Waals surface area contributed by atoms with Crippen molar-refractivity contribution in [3.63, 3.8) is 0 Å². The second-order valence-electron chi connectivity index (χ2n) is 6.41. The summed E-state index contributed by atoms with van der Waals surface area (Å²) in [6.45, 7) is 2.44. The molecule has 0 atom stereocenters. The van der Waals surface area contributed by atoms with E-state index >= 15 is 0 Å². The first-order valence-corrected chi connectivity index (χ1v) is 8.75. The van der Waals surface area contributed by atoms with E-state index < -0.39 is 6.09 Å². The van der Waals surface area contributed by atoms with E-state index in [4.69, 9.17) is 4.74 Å². The zero-order valence-corrected chi connectivity index (χ0v) is 14.5. The number of unbranched alkanes of at least 4 members (excludes halogenated alkanes) is 1.